The molecule has 0 radical (unpaired) electrons. The van der Waals surface area contributed by atoms with Crippen molar-refractivity contribution in [3.8, 4) is 23.0 Å². The molecule has 0 saturated carbocycles. The number of nitrogens with one attached hydrogen (secondary N) is 1. The van der Waals surface area contributed by atoms with Gasteiger partial charge >= 0.3 is 5.97 Å². The SMILES string of the molecule is CCOC(=O)c1c(CC(C)C)csc1NC(=O)CSc1nnc(-c2ccc3c(c2)OCO3)o1. The van der Waals surface area contributed by atoms with Crippen LogP contribution in [0.15, 0.2) is 33.2 Å². The molecule has 2 aromatic heterocycles. The van der Waals surface area contributed by atoms with Gasteiger partial charge in [-0.1, -0.05) is 25.6 Å². The van der Waals surface area contributed by atoms with Gasteiger partial charge in [-0.05, 0) is 48.4 Å². The van der Waals surface area contributed by atoms with Crippen molar-refractivity contribution in [2.24, 2.45) is 5.92 Å². The minimum atomic E-state index is -0.428. The van der Waals surface area contributed by atoms with Gasteiger partial charge in [-0.3, -0.25) is 4.79 Å². The Hall–Kier alpha value is -3.05. The van der Waals surface area contributed by atoms with Gasteiger partial charge in [0, 0.05) is 5.56 Å². The van der Waals surface area contributed by atoms with Crippen molar-refractivity contribution >= 4 is 40.0 Å². The molecule has 1 aliphatic heterocycles. The Morgan fingerprint density at radius 2 is 2.06 bits per heavy atom. The molecule has 9 nitrogen and oxygen atoms in total. The van der Waals surface area contributed by atoms with Gasteiger partial charge in [0.15, 0.2) is 11.5 Å². The predicted molar refractivity (Wildman–Crippen MR) is 124 cm³/mol. The molecular formula is C22H23N3O6S2. The summed E-state index contributed by atoms with van der Waals surface area (Å²) in [6, 6.07) is 5.34. The van der Waals surface area contributed by atoms with E-state index in [0.717, 1.165) is 23.7 Å². The number of hydrogen-bond donors (Lipinski definition) is 1. The van der Waals surface area contributed by atoms with Gasteiger partial charge in [-0.25, -0.2) is 4.79 Å². The van der Waals surface area contributed by atoms with Gasteiger partial charge in [0.2, 0.25) is 18.6 Å². The summed E-state index contributed by atoms with van der Waals surface area (Å²) >= 11 is 2.43. The number of nitrogens with zero attached hydrogens (tertiary/aromatic N) is 2. The molecule has 3 heterocycles. The van der Waals surface area contributed by atoms with Crippen LogP contribution in [0.4, 0.5) is 5.00 Å². The van der Waals surface area contributed by atoms with Gasteiger partial charge in [0.1, 0.15) is 5.00 Å². The number of aromatic nitrogens is 2. The molecule has 0 saturated heterocycles. The van der Waals surface area contributed by atoms with Crippen LogP contribution < -0.4 is 14.8 Å². The summed E-state index contributed by atoms with van der Waals surface area (Å²) in [5.41, 5.74) is 2.00. The summed E-state index contributed by atoms with van der Waals surface area (Å²) in [4.78, 5) is 25.0. The molecule has 3 aromatic rings. The first-order chi connectivity index (χ1) is 15.9. The fraction of sp³-hybridized carbons (Fsp3) is 0.364. The van der Waals surface area contributed by atoms with E-state index >= 15 is 0 Å². The Morgan fingerprint density at radius 3 is 2.85 bits per heavy atom. The van der Waals surface area contributed by atoms with Crippen LogP contribution >= 0.6 is 23.1 Å². The minimum absolute atomic E-state index is 0.0441. The van der Waals surface area contributed by atoms with E-state index in [1.165, 1.54) is 11.3 Å². The Bertz CT molecular complexity index is 1160. The van der Waals surface area contributed by atoms with Crippen LogP contribution in [0.5, 0.6) is 11.5 Å². The van der Waals surface area contributed by atoms with Crippen molar-refractivity contribution in [1.29, 1.82) is 0 Å². The maximum atomic E-state index is 12.6. The number of thioether (sulfide) groups is 1. The number of amides is 1. The number of thiophene rings is 1. The largest absolute Gasteiger partial charge is 0.462 e. The van der Waals surface area contributed by atoms with Crippen LogP contribution in [0.1, 0.15) is 36.7 Å². The molecule has 1 N–H and O–H groups in total. The topological polar surface area (TPSA) is 113 Å². The summed E-state index contributed by atoms with van der Waals surface area (Å²) in [7, 11) is 0. The molecule has 0 bridgehead atoms. The van der Waals surface area contributed by atoms with E-state index in [-0.39, 0.29) is 30.3 Å². The molecule has 4 rings (SSSR count). The molecule has 1 amide bonds. The van der Waals surface area contributed by atoms with Gasteiger partial charge in [0.25, 0.3) is 5.22 Å². The molecule has 1 aliphatic rings. The molecule has 174 valence electrons. The molecule has 33 heavy (non-hydrogen) atoms. The van der Waals surface area contributed by atoms with E-state index in [4.69, 9.17) is 18.6 Å². The Labute approximate surface area is 198 Å². The molecule has 11 heteroatoms. The first-order valence-corrected chi connectivity index (χ1v) is 12.2. The standard InChI is InChI=1S/C22H23N3O6S2/c1-4-28-21(27)18-14(7-12(2)3)9-32-20(18)23-17(26)10-33-22-25-24-19(31-22)13-5-6-15-16(8-13)30-11-29-15/h5-6,8-9,12H,4,7,10-11H2,1-3H3,(H,23,26). The highest BCUT2D eigenvalue weighted by molar-refractivity contribution is 7.99. The Kier molecular flexibility index (Phi) is 7.19. The Morgan fingerprint density at radius 1 is 1.24 bits per heavy atom. The van der Waals surface area contributed by atoms with Crippen LogP contribution in [0.2, 0.25) is 0 Å². The van der Waals surface area contributed by atoms with Crippen molar-refractivity contribution in [1.82, 2.24) is 10.2 Å². The number of anilines is 1. The van der Waals surface area contributed by atoms with Crippen LogP contribution in [0, 0.1) is 5.92 Å². The molecule has 1 aromatic carbocycles. The van der Waals surface area contributed by atoms with Crippen LogP contribution in [0.3, 0.4) is 0 Å². The average molecular weight is 490 g/mol. The summed E-state index contributed by atoms with van der Waals surface area (Å²) in [5, 5.41) is 13.5. The van der Waals surface area contributed by atoms with Gasteiger partial charge < -0.3 is 23.9 Å². The molecule has 0 fully saturated rings. The monoisotopic (exact) mass is 489 g/mol. The lowest BCUT2D eigenvalue weighted by Gasteiger charge is -2.09. The van der Waals surface area contributed by atoms with Crippen molar-refractivity contribution in [3.63, 3.8) is 0 Å². The normalized spacial score (nSPS) is 12.2. The lowest BCUT2D eigenvalue weighted by Crippen LogP contribution is -2.17. The lowest BCUT2D eigenvalue weighted by atomic mass is 10.0. The summed E-state index contributed by atoms with van der Waals surface area (Å²) in [5.74, 6) is 1.29. The number of fused-ring (bicyclic) bond motifs is 1. The van der Waals surface area contributed by atoms with Crippen molar-refractivity contribution in [2.75, 3.05) is 24.5 Å². The second-order valence-electron chi connectivity index (χ2n) is 7.56. The molecule has 0 unspecified atom stereocenters. The fourth-order valence-electron chi connectivity index (χ4n) is 3.21. The molecule has 0 spiro atoms. The molecule has 0 aliphatic carbocycles. The van der Waals surface area contributed by atoms with E-state index in [9.17, 15) is 9.59 Å². The predicted octanol–water partition coefficient (Wildman–Crippen LogP) is 4.63. The van der Waals surface area contributed by atoms with Crippen LogP contribution in [0.25, 0.3) is 11.5 Å². The van der Waals surface area contributed by atoms with E-state index < -0.39 is 5.97 Å². The highest BCUT2D eigenvalue weighted by atomic mass is 32.2. The van der Waals surface area contributed by atoms with Crippen LogP contribution in [-0.4, -0.2) is 41.2 Å². The highest BCUT2D eigenvalue weighted by Gasteiger charge is 2.23. The fourth-order valence-corrected chi connectivity index (χ4v) is 4.75. The summed E-state index contributed by atoms with van der Waals surface area (Å²) in [6.07, 6.45) is 0.722. The maximum Gasteiger partial charge on any atom is 0.341 e. The third kappa shape index (κ3) is 5.48. The van der Waals surface area contributed by atoms with Crippen molar-refractivity contribution < 1.29 is 28.2 Å². The van der Waals surface area contributed by atoms with Crippen molar-refractivity contribution in [2.45, 2.75) is 32.4 Å². The van der Waals surface area contributed by atoms with Gasteiger partial charge in [0.05, 0.1) is 17.9 Å². The summed E-state index contributed by atoms with van der Waals surface area (Å²) < 4.78 is 21.5. The van der Waals surface area contributed by atoms with E-state index in [0.29, 0.717) is 39.4 Å². The number of carbonyl (C=O) groups excluding carboxylic acids is 2. The zero-order valence-electron chi connectivity index (χ0n) is 18.4. The van der Waals surface area contributed by atoms with E-state index in [2.05, 4.69) is 29.4 Å². The number of hydrogen-bond acceptors (Lipinski definition) is 10. The number of rotatable bonds is 9. The number of esters is 1. The third-order valence-electron chi connectivity index (χ3n) is 4.58. The second kappa shape index (κ2) is 10.3. The number of benzene rings is 1. The smallest absolute Gasteiger partial charge is 0.341 e. The first kappa shape index (κ1) is 23.1. The van der Waals surface area contributed by atoms with E-state index in [1.807, 2.05) is 5.38 Å². The zero-order valence-corrected chi connectivity index (χ0v) is 20.0. The number of ether oxygens (including phenoxy) is 3. The molecule has 0 atom stereocenters. The zero-order chi connectivity index (χ0) is 23.4. The lowest BCUT2D eigenvalue weighted by molar-refractivity contribution is -0.113. The Balaban J connectivity index is 1.39. The average Bonchev–Trinajstić information content (AvgIpc) is 3.51. The minimum Gasteiger partial charge on any atom is -0.462 e. The van der Waals surface area contributed by atoms with E-state index in [1.54, 1.807) is 25.1 Å². The second-order valence-corrected chi connectivity index (χ2v) is 9.37. The maximum absolute atomic E-state index is 12.6. The quantitative estimate of drug-likeness (QED) is 0.339. The third-order valence-corrected chi connectivity index (χ3v) is 6.34. The van der Waals surface area contributed by atoms with Gasteiger partial charge in [-0.2, -0.15) is 0 Å². The summed E-state index contributed by atoms with van der Waals surface area (Å²) in [6.45, 7) is 6.35. The van der Waals surface area contributed by atoms with Gasteiger partial charge in [-0.15, -0.1) is 21.5 Å². The molecular weight excluding hydrogens is 466 g/mol. The highest BCUT2D eigenvalue weighted by Crippen LogP contribution is 2.36. The first-order valence-electron chi connectivity index (χ1n) is 10.4. The van der Waals surface area contributed by atoms with Crippen LogP contribution in [-0.2, 0) is 16.0 Å². The van der Waals surface area contributed by atoms with Crippen molar-refractivity contribution in [3.05, 3.63) is 34.7 Å². The number of carbonyl (C=O) groups is 2.